The molecule has 0 bridgehead atoms. The quantitative estimate of drug-likeness (QED) is 0.453. The molecule has 4 rings (SSSR count). The van der Waals surface area contributed by atoms with Gasteiger partial charge in [-0.05, 0) is 42.8 Å². The van der Waals surface area contributed by atoms with Crippen LogP contribution in [0.2, 0.25) is 10.0 Å². The molecule has 0 saturated carbocycles. The monoisotopic (exact) mass is 547 g/mol. The number of hydrogen-bond acceptors (Lipinski definition) is 6. The van der Waals surface area contributed by atoms with Gasteiger partial charge >= 0.3 is 29.6 Å². The van der Waals surface area contributed by atoms with E-state index >= 15 is 0 Å². The molecule has 1 aliphatic rings. The number of nitrogens with zero attached hydrogens (tertiary/aromatic N) is 2. The third-order valence-electron chi connectivity index (χ3n) is 5.27. The number of pyridine rings is 1. The van der Waals surface area contributed by atoms with E-state index in [9.17, 15) is 17.6 Å². The molecule has 0 spiro atoms. The van der Waals surface area contributed by atoms with Crippen molar-refractivity contribution in [2.75, 3.05) is 17.7 Å². The van der Waals surface area contributed by atoms with Gasteiger partial charge in [0, 0.05) is 51.6 Å². The van der Waals surface area contributed by atoms with E-state index < -0.39 is 21.7 Å². The summed E-state index contributed by atoms with van der Waals surface area (Å²) in [4.78, 5) is 18.8. The summed E-state index contributed by atoms with van der Waals surface area (Å²) in [6.45, 7) is 0.932. The van der Waals surface area contributed by atoms with Gasteiger partial charge in [-0.1, -0.05) is 29.3 Å². The van der Waals surface area contributed by atoms with Gasteiger partial charge in [0.05, 0.1) is 6.26 Å². The number of anilines is 1. The number of halogens is 3. The zero-order valence-electron chi connectivity index (χ0n) is 18.0. The Labute approximate surface area is 234 Å². The number of benzene rings is 2. The van der Waals surface area contributed by atoms with Gasteiger partial charge in [-0.25, -0.2) is 22.5 Å². The molecule has 0 fully saturated rings. The van der Waals surface area contributed by atoms with Gasteiger partial charge in [-0.2, -0.15) is 0 Å². The van der Waals surface area contributed by atoms with E-state index in [1.54, 1.807) is 30.3 Å². The molecule has 35 heavy (non-hydrogen) atoms. The summed E-state index contributed by atoms with van der Waals surface area (Å²) in [5.41, 5.74) is 2.04. The second-order valence-electron chi connectivity index (χ2n) is 7.81. The summed E-state index contributed by atoms with van der Waals surface area (Å²) in [6, 6.07) is 11.0. The van der Waals surface area contributed by atoms with Crippen LogP contribution >= 0.6 is 23.2 Å². The first-order chi connectivity index (χ1) is 16.1. The van der Waals surface area contributed by atoms with Crippen LogP contribution < -0.4 is 14.4 Å². The number of fused-ring (bicyclic) bond motifs is 1. The van der Waals surface area contributed by atoms with Gasteiger partial charge in [0.2, 0.25) is 10.0 Å². The van der Waals surface area contributed by atoms with Crippen molar-refractivity contribution >= 4 is 74.5 Å². The van der Waals surface area contributed by atoms with Crippen molar-refractivity contribution < 1.29 is 22.3 Å². The van der Waals surface area contributed by atoms with E-state index in [4.69, 9.17) is 27.9 Å². The van der Waals surface area contributed by atoms with E-state index in [2.05, 4.69) is 4.98 Å². The van der Waals surface area contributed by atoms with E-state index in [1.807, 2.05) is 9.62 Å². The molecule has 180 valence electrons. The van der Waals surface area contributed by atoms with Crippen LogP contribution in [-0.4, -0.2) is 61.7 Å². The average Bonchev–Trinajstić information content (AvgIpc) is 3.16. The zero-order valence-corrected chi connectivity index (χ0v) is 20.3. The van der Waals surface area contributed by atoms with Crippen LogP contribution in [0.1, 0.15) is 27.0 Å². The Balaban J connectivity index is 0.00000342. The first-order valence-corrected chi connectivity index (χ1v) is 12.9. The van der Waals surface area contributed by atoms with Crippen molar-refractivity contribution in [1.82, 2.24) is 9.71 Å². The number of amides is 1. The molecule has 0 unspecified atom stereocenters. The van der Waals surface area contributed by atoms with Crippen LogP contribution in [0, 0.1) is 5.82 Å². The van der Waals surface area contributed by atoms with Crippen LogP contribution in [0.4, 0.5) is 10.2 Å². The summed E-state index contributed by atoms with van der Waals surface area (Å²) < 4.78 is 45.0. The van der Waals surface area contributed by atoms with E-state index in [0.29, 0.717) is 52.2 Å². The predicted molar refractivity (Wildman–Crippen MR) is 136 cm³/mol. The SMILES string of the molecule is CS(=O)(=O)NC(=O)c1ccnc2c1CCN2Cc1cc(Cl)ccc1OCc1ccc(Cl)cc1F.[NaH]. The molecule has 0 atom stereocenters. The van der Waals surface area contributed by atoms with Crippen LogP contribution in [-0.2, 0) is 29.6 Å². The van der Waals surface area contributed by atoms with Gasteiger partial charge < -0.3 is 9.64 Å². The third-order valence-corrected chi connectivity index (χ3v) is 6.30. The number of nitrogens with one attached hydrogen (secondary N) is 1. The Kier molecular flexibility index (Phi) is 9.06. The first kappa shape index (κ1) is 27.7. The number of hydrogen-bond donors (Lipinski definition) is 1. The molecule has 7 nitrogen and oxygen atoms in total. The fraction of sp³-hybridized carbons (Fsp3) is 0.217. The molecular weight excluding hydrogens is 527 g/mol. The molecule has 1 aliphatic heterocycles. The van der Waals surface area contributed by atoms with Gasteiger partial charge in [-0.15, -0.1) is 0 Å². The standard InChI is InChI=1S/C23H20Cl2FN3O4S.Na.H/c1-34(31,32)28-23(30)19-6-8-27-22-18(19)7-9-29(22)12-15-10-16(24)4-5-21(15)33-13-14-2-3-17(25)11-20(14)26;;/h2-6,8,10-11H,7,9,12-13H2,1H3,(H,28,30);;. The molecule has 1 aromatic heterocycles. The fourth-order valence-electron chi connectivity index (χ4n) is 3.76. The summed E-state index contributed by atoms with van der Waals surface area (Å²) in [5, 5.41) is 0.812. The second-order valence-corrected chi connectivity index (χ2v) is 10.4. The predicted octanol–water partition coefficient (Wildman–Crippen LogP) is 3.71. The Hall–Kier alpha value is -1.88. The molecule has 0 aliphatic carbocycles. The number of carbonyl (C=O) groups is 1. The zero-order chi connectivity index (χ0) is 24.5. The first-order valence-electron chi connectivity index (χ1n) is 10.2. The van der Waals surface area contributed by atoms with Gasteiger partial charge in [0.1, 0.15) is 24.0 Å². The van der Waals surface area contributed by atoms with E-state index in [-0.39, 0.29) is 41.7 Å². The minimum atomic E-state index is -3.69. The fourth-order valence-corrected chi connectivity index (χ4v) is 4.56. The molecule has 12 heteroatoms. The molecule has 1 N–H and O–H groups in total. The van der Waals surface area contributed by atoms with E-state index in [1.165, 1.54) is 18.3 Å². The van der Waals surface area contributed by atoms with Crippen LogP contribution in [0.15, 0.2) is 48.7 Å². The van der Waals surface area contributed by atoms with Gasteiger partial charge in [0.25, 0.3) is 5.91 Å². The van der Waals surface area contributed by atoms with Crippen molar-refractivity contribution in [2.24, 2.45) is 0 Å². The van der Waals surface area contributed by atoms with Crippen LogP contribution in [0.25, 0.3) is 0 Å². The molecule has 2 aromatic carbocycles. The van der Waals surface area contributed by atoms with Gasteiger partial charge in [-0.3, -0.25) is 4.79 Å². The topological polar surface area (TPSA) is 88.6 Å². The molecule has 1 amide bonds. The Morgan fingerprint density at radius 3 is 2.57 bits per heavy atom. The van der Waals surface area contributed by atoms with Crippen molar-refractivity contribution in [3.63, 3.8) is 0 Å². The van der Waals surface area contributed by atoms with Crippen LogP contribution in [0.3, 0.4) is 0 Å². The summed E-state index contributed by atoms with van der Waals surface area (Å²) >= 11 is 12.0. The van der Waals surface area contributed by atoms with Crippen molar-refractivity contribution in [1.29, 1.82) is 0 Å². The third kappa shape index (κ3) is 6.87. The maximum absolute atomic E-state index is 14.1. The van der Waals surface area contributed by atoms with Crippen molar-refractivity contribution in [2.45, 2.75) is 19.6 Å². The van der Waals surface area contributed by atoms with Crippen LogP contribution in [0.5, 0.6) is 5.75 Å². The van der Waals surface area contributed by atoms with Crippen molar-refractivity contribution in [3.8, 4) is 5.75 Å². The number of ether oxygens (including phenoxy) is 1. The summed E-state index contributed by atoms with van der Waals surface area (Å²) in [5.74, 6) is -0.0469. The summed E-state index contributed by atoms with van der Waals surface area (Å²) in [6.07, 6.45) is 2.91. The number of aromatic nitrogens is 1. The number of carbonyl (C=O) groups excluding carboxylic acids is 1. The minimum absolute atomic E-state index is 0. The number of sulfonamides is 1. The molecule has 2 heterocycles. The second kappa shape index (κ2) is 11.5. The Bertz CT molecular complexity index is 1370. The average molecular weight is 548 g/mol. The molecular formula is C23H21Cl2FN3NaO4S. The van der Waals surface area contributed by atoms with Gasteiger partial charge in [0.15, 0.2) is 0 Å². The molecule has 3 aromatic rings. The van der Waals surface area contributed by atoms with E-state index in [0.717, 1.165) is 11.8 Å². The Morgan fingerprint density at radius 2 is 1.86 bits per heavy atom. The number of rotatable bonds is 7. The maximum atomic E-state index is 14.1. The molecule has 0 radical (unpaired) electrons. The van der Waals surface area contributed by atoms with Crippen molar-refractivity contribution in [3.05, 3.63) is 86.8 Å². The molecule has 0 saturated heterocycles. The normalized spacial score (nSPS) is 12.6. The summed E-state index contributed by atoms with van der Waals surface area (Å²) in [7, 11) is -3.69. The Morgan fingerprint density at radius 1 is 1.14 bits per heavy atom.